The molecule has 0 aliphatic carbocycles. The first kappa shape index (κ1) is 10.7. The summed E-state index contributed by atoms with van der Waals surface area (Å²) in [5, 5.41) is 1.25. The van der Waals surface area contributed by atoms with E-state index >= 15 is 0 Å². The van der Waals surface area contributed by atoms with E-state index in [0.717, 1.165) is 5.52 Å². The van der Waals surface area contributed by atoms with Gasteiger partial charge in [-0.05, 0) is 17.7 Å². The second-order valence-electron chi connectivity index (χ2n) is 4.53. The second kappa shape index (κ2) is 4.18. The standard InChI is InChI=1S/C17H11NS/c1-2-6-12(7-3-1)13-10-16-17(18-11-13)14-8-4-5-9-15(14)19-16/h1-11H. The van der Waals surface area contributed by atoms with Gasteiger partial charge in [0.25, 0.3) is 0 Å². The molecule has 2 heterocycles. The Hall–Kier alpha value is -2.19. The molecule has 0 saturated carbocycles. The lowest BCUT2D eigenvalue weighted by atomic mass is 10.1. The van der Waals surface area contributed by atoms with Crippen LogP contribution in [0.4, 0.5) is 0 Å². The molecule has 0 bridgehead atoms. The Labute approximate surface area is 115 Å². The van der Waals surface area contributed by atoms with E-state index in [2.05, 4.69) is 59.6 Å². The predicted molar refractivity (Wildman–Crippen MR) is 82.6 cm³/mol. The predicted octanol–water partition coefficient (Wildman–Crippen LogP) is 5.12. The third kappa shape index (κ3) is 1.72. The van der Waals surface area contributed by atoms with Crippen LogP contribution in [-0.2, 0) is 0 Å². The van der Waals surface area contributed by atoms with Crippen molar-refractivity contribution in [1.82, 2.24) is 4.98 Å². The molecule has 0 atom stereocenters. The Balaban J connectivity index is 1.99. The number of hydrogen-bond donors (Lipinski definition) is 0. The van der Waals surface area contributed by atoms with E-state index in [0.29, 0.717) is 0 Å². The Morgan fingerprint density at radius 3 is 2.42 bits per heavy atom. The van der Waals surface area contributed by atoms with Gasteiger partial charge in [-0.1, -0.05) is 48.5 Å². The summed E-state index contributed by atoms with van der Waals surface area (Å²) in [5.74, 6) is 0. The van der Waals surface area contributed by atoms with Gasteiger partial charge in [0.1, 0.15) is 0 Å². The zero-order chi connectivity index (χ0) is 12.7. The minimum absolute atomic E-state index is 1.11. The Morgan fingerprint density at radius 1 is 0.737 bits per heavy atom. The van der Waals surface area contributed by atoms with Crippen molar-refractivity contribution in [2.24, 2.45) is 0 Å². The van der Waals surface area contributed by atoms with Crippen LogP contribution in [0.3, 0.4) is 0 Å². The minimum Gasteiger partial charge on any atom is -0.254 e. The van der Waals surface area contributed by atoms with Gasteiger partial charge in [-0.3, -0.25) is 4.98 Å². The summed E-state index contributed by atoms with van der Waals surface area (Å²) in [4.78, 5) is 4.66. The average Bonchev–Trinajstić information content (AvgIpc) is 2.86. The van der Waals surface area contributed by atoms with Crippen LogP contribution in [0.2, 0.25) is 0 Å². The maximum atomic E-state index is 4.66. The molecular weight excluding hydrogens is 250 g/mol. The summed E-state index contributed by atoms with van der Waals surface area (Å²) in [5.41, 5.74) is 3.51. The fourth-order valence-electron chi connectivity index (χ4n) is 2.38. The number of aromatic nitrogens is 1. The molecule has 2 aromatic carbocycles. The molecule has 1 nitrogen and oxygen atoms in total. The number of nitrogens with zero attached hydrogens (tertiary/aromatic N) is 1. The zero-order valence-corrected chi connectivity index (χ0v) is 11.0. The van der Waals surface area contributed by atoms with Gasteiger partial charge in [-0.2, -0.15) is 0 Å². The molecule has 0 spiro atoms. The van der Waals surface area contributed by atoms with Gasteiger partial charge >= 0.3 is 0 Å². The third-order valence-electron chi connectivity index (χ3n) is 3.32. The van der Waals surface area contributed by atoms with Gasteiger partial charge in [0, 0.05) is 21.8 Å². The van der Waals surface area contributed by atoms with Gasteiger partial charge < -0.3 is 0 Å². The first-order valence-electron chi connectivity index (χ1n) is 6.24. The molecule has 2 heteroatoms. The number of fused-ring (bicyclic) bond motifs is 3. The second-order valence-corrected chi connectivity index (χ2v) is 5.62. The molecule has 90 valence electrons. The van der Waals surface area contributed by atoms with Crippen LogP contribution in [0, 0.1) is 0 Å². The zero-order valence-electron chi connectivity index (χ0n) is 10.2. The summed E-state index contributed by atoms with van der Waals surface area (Å²) >= 11 is 1.81. The number of pyridine rings is 1. The maximum absolute atomic E-state index is 4.66. The third-order valence-corrected chi connectivity index (χ3v) is 4.43. The van der Waals surface area contributed by atoms with Gasteiger partial charge in [0.05, 0.1) is 10.2 Å². The molecule has 0 aliphatic rings. The number of hydrogen-bond acceptors (Lipinski definition) is 2. The quantitative estimate of drug-likeness (QED) is 0.463. The molecule has 0 N–H and O–H groups in total. The number of benzene rings is 2. The molecule has 0 unspecified atom stereocenters. The molecule has 19 heavy (non-hydrogen) atoms. The van der Waals surface area contributed by atoms with E-state index in [9.17, 15) is 0 Å². The molecule has 0 saturated heterocycles. The smallest absolute Gasteiger partial charge is 0.0888 e. The summed E-state index contributed by atoms with van der Waals surface area (Å²) in [6, 6.07) is 21.1. The van der Waals surface area contributed by atoms with Crippen molar-refractivity contribution in [3.8, 4) is 11.1 Å². The Kier molecular flexibility index (Phi) is 2.35. The van der Waals surface area contributed by atoms with E-state index < -0.39 is 0 Å². The molecule has 0 aliphatic heterocycles. The van der Waals surface area contributed by atoms with Gasteiger partial charge in [0.15, 0.2) is 0 Å². The number of thiophene rings is 1. The van der Waals surface area contributed by atoms with Gasteiger partial charge in [0.2, 0.25) is 0 Å². The summed E-state index contributed by atoms with van der Waals surface area (Å²) < 4.78 is 2.55. The molecule has 0 radical (unpaired) electrons. The van der Waals surface area contributed by atoms with E-state index in [1.54, 1.807) is 0 Å². The van der Waals surface area contributed by atoms with Crippen LogP contribution in [-0.4, -0.2) is 4.98 Å². The summed E-state index contributed by atoms with van der Waals surface area (Å²) in [6.45, 7) is 0. The van der Waals surface area contributed by atoms with Crippen LogP contribution >= 0.6 is 11.3 Å². The SMILES string of the molecule is c1ccc(-c2cnc3c(c2)sc2ccccc23)cc1. The topological polar surface area (TPSA) is 12.9 Å². The minimum atomic E-state index is 1.11. The van der Waals surface area contributed by atoms with Crippen LogP contribution in [0.5, 0.6) is 0 Å². The summed E-state index contributed by atoms with van der Waals surface area (Å²) in [6.07, 6.45) is 1.97. The molecule has 4 aromatic rings. The van der Waals surface area contributed by atoms with Gasteiger partial charge in [-0.15, -0.1) is 11.3 Å². The first-order valence-corrected chi connectivity index (χ1v) is 7.06. The average molecular weight is 261 g/mol. The lowest BCUT2D eigenvalue weighted by Crippen LogP contribution is -1.79. The summed E-state index contributed by atoms with van der Waals surface area (Å²) in [7, 11) is 0. The highest BCUT2D eigenvalue weighted by molar-refractivity contribution is 7.25. The lowest BCUT2D eigenvalue weighted by molar-refractivity contribution is 1.43. The van der Waals surface area contributed by atoms with Crippen molar-refractivity contribution in [3.63, 3.8) is 0 Å². The van der Waals surface area contributed by atoms with Crippen LogP contribution in [0.15, 0.2) is 66.9 Å². The normalized spacial score (nSPS) is 11.2. The molecule has 0 fully saturated rings. The number of rotatable bonds is 1. The highest BCUT2D eigenvalue weighted by atomic mass is 32.1. The van der Waals surface area contributed by atoms with E-state index in [1.165, 1.54) is 25.9 Å². The Bertz CT molecular complexity index is 862. The Morgan fingerprint density at radius 2 is 1.53 bits per heavy atom. The van der Waals surface area contributed by atoms with Crippen molar-refractivity contribution in [2.45, 2.75) is 0 Å². The molecule has 4 rings (SSSR count). The van der Waals surface area contributed by atoms with Crippen LogP contribution in [0.1, 0.15) is 0 Å². The maximum Gasteiger partial charge on any atom is 0.0888 e. The molecule has 0 amide bonds. The fourth-order valence-corrected chi connectivity index (χ4v) is 3.49. The highest BCUT2D eigenvalue weighted by Gasteiger charge is 2.07. The van der Waals surface area contributed by atoms with Crippen molar-refractivity contribution in [3.05, 3.63) is 66.9 Å². The first-order chi connectivity index (χ1) is 9.42. The van der Waals surface area contributed by atoms with Crippen LogP contribution < -0.4 is 0 Å². The van der Waals surface area contributed by atoms with Crippen LogP contribution in [0.25, 0.3) is 31.4 Å². The van der Waals surface area contributed by atoms with E-state index in [-0.39, 0.29) is 0 Å². The van der Waals surface area contributed by atoms with Crippen molar-refractivity contribution < 1.29 is 0 Å². The van der Waals surface area contributed by atoms with Crippen molar-refractivity contribution in [1.29, 1.82) is 0 Å². The highest BCUT2D eigenvalue weighted by Crippen LogP contribution is 2.34. The molecular formula is C17H11NS. The molecule has 2 aromatic heterocycles. The van der Waals surface area contributed by atoms with Crippen molar-refractivity contribution >= 4 is 31.6 Å². The monoisotopic (exact) mass is 261 g/mol. The lowest BCUT2D eigenvalue weighted by Gasteiger charge is -2.00. The van der Waals surface area contributed by atoms with E-state index in [4.69, 9.17) is 0 Å². The largest absolute Gasteiger partial charge is 0.254 e. The fraction of sp³-hybridized carbons (Fsp3) is 0. The van der Waals surface area contributed by atoms with Gasteiger partial charge in [-0.25, -0.2) is 0 Å². The van der Waals surface area contributed by atoms with E-state index in [1.807, 2.05) is 23.6 Å². The van der Waals surface area contributed by atoms with Crippen molar-refractivity contribution in [2.75, 3.05) is 0 Å².